The Morgan fingerprint density at radius 2 is 1.72 bits per heavy atom. The van der Waals surface area contributed by atoms with Crippen LogP contribution in [-0.2, 0) is 15.8 Å². The molecule has 0 aliphatic carbocycles. The lowest BCUT2D eigenvalue weighted by Gasteiger charge is -2.31. The molecule has 0 saturated carbocycles. The van der Waals surface area contributed by atoms with Crippen molar-refractivity contribution in [1.82, 2.24) is 13.9 Å². The number of nitrogens with zero attached hydrogens (tertiary/aromatic N) is 3. The third-order valence-electron chi connectivity index (χ3n) is 5.33. The predicted molar refractivity (Wildman–Crippen MR) is 108 cm³/mol. The molecule has 9 nitrogen and oxygen atoms in total. The molecule has 0 spiro atoms. The minimum Gasteiger partial charge on any atom is -0.306 e. The highest BCUT2D eigenvalue weighted by atomic mass is 32.2. The molecule has 1 fully saturated rings. The summed E-state index contributed by atoms with van der Waals surface area (Å²) < 4.78 is 28.7. The Morgan fingerprint density at radius 1 is 1.07 bits per heavy atom. The van der Waals surface area contributed by atoms with Crippen LogP contribution in [0.3, 0.4) is 0 Å². The van der Waals surface area contributed by atoms with Crippen LogP contribution in [0.1, 0.15) is 24.4 Å². The van der Waals surface area contributed by atoms with Crippen LogP contribution in [0.5, 0.6) is 0 Å². The Kier molecular flexibility index (Phi) is 4.97. The zero-order valence-electron chi connectivity index (χ0n) is 15.5. The highest BCUT2D eigenvalue weighted by Gasteiger charge is 2.31. The van der Waals surface area contributed by atoms with Crippen molar-refractivity contribution in [1.29, 1.82) is 0 Å². The topological polar surface area (TPSA) is 118 Å². The first-order chi connectivity index (χ1) is 13.9. The van der Waals surface area contributed by atoms with Gasteiger partial charge in [0.1, 0.15) is 0 Å². The normalized spacial score (nSPS) is 16.3. The average molecular weight is 416 g/mol. The maximum atomic E-state index is 12.8. The molecule has 1 aromatic heterocycles. The summed E-state index contributed by atoms with van der Waals surface area (Å²) in [4.78, 5) is 25.8. The van der Waals surface area contributed by atoms with Crippen LogP contribution < -0.4 is 5.69 Å². The first kappa shape index (κ1) is 19.3. The molecule has 1 saturated heterocycles. The van der Waals surface area contributed by atoms with E-state index in [-0.39, 0.29) is 36.1 Å². The number of nitrogens with one attached hydrogen (secondary N) is 1. The van der Waals surface area contributed by atoms with Crippen LogP contribution in [0.2, 0.25) is 0 Å². The number of para-hydroxylation sites is 3. The van der Waals surface area contributed by atoms with E-state index in [4.69, 9.17) is 0 Å². The monoisotopic (exact) mass is 416 g/mol. The van der Waals surface area contributed by atoms with Crippen LogP contribution in [0.25, 0.3) is 11.0 Å². The lowest BCUT2D eigenvalue weighted by molar-refractivity contribution is -0.385. The molecule has 2 heterocycles. The maximum Gasteiger partial charge on any atom is 0.326 e. The molecule has 1 aliphatic heterocycles. The van der Waals surface area contributed by atoms with E-state index in [0.717, 1.165) is 11.0 Å². The quantitative estimate of drug-likeness (QED) is 0.506. The van der Waals surface area contributed by atoms with Crippen LogP contribution in [-0.4, -0.2) is 40.3 Å². The molecule has 3 aromatic rings. The number of aromatic nitrogens is 2. The van der Waals surface area contributed by atoms with Crippen molar-refractivity contribution in [3.05, 3.63) is 74.7 Å². The van der Waals surface area contributed by atoms with Crippen molar-refractivity contribution in [3.63, 3.8) is 0 Å². The highest BCUT2D eigenvalue weighted by molar-refractivity contribution is 7.88. The van der Waals surface area contributed by atoms with Gasteiger partial charge in [-0.15, -0.1) is 0 Å². The standard InChI is InChI=1S/C19H20N4O5S/c24-19-20-16-6-2-4-8-18(16)22(19)15-9-11-21(12-10-15)29(27,28)13-14-5-1-3-7-17(14)23(25)26/h1-8,15H,9-13H2,(H,20,24). The minimum absolute atomic E-state index is 0.101. The number of H-pyrrole nitrogens is 1. The minimum atomic E-state index is -3.70. The fraction of sp³-hybridized carbons (Fsp3) is 0.316. The second-order valence-corrected chi connectivity index (χ2v) is 9.06. The molecule has 152 valence electrons. The first-order valence-electron chi connectivity index (χ1n) is 9.26. The number of fused-ring (bicyclic) bond motifs is 1. The van der Waals surface area contributed by atoms with Gasteiger partial charge in [-0.05, 0) is 25.0 Å². The summed E-state index contributed by atoms with van der Waals surface area (Å²) in [6.45, 7) is 0.527. The number of aromatic amines is 1. The van der Waals surface area contributed by atoms with E-state index >= 15 is 0 Å². The lowest BCUT2D eigenvalue weighted by atomic mass is 10.1. The lowest BCUT2D eigenvalue weighted by Crippen LogP contribution is -2.41. The van der Waals surface area contributed by atoms with Crippen molar-refractivity contribution in [2.24, 2.45) is 0 Å². The second-order valence-electron chi connectivity index (χ2n) is 7.09. The molecule has 0 atom stereocenters. The first-order valence-corrected chi connectivity index (χ1v) is 10.9. The van der Waals surface area contributed by atoms with Crippen LogP contribution >= 0.6 is 0 Å². The Morgan fingerprint density at radius 3 is 2.45 bits per heavy atom. The van der Waals surface area contributed by atoms with Gasteiger partial charge in [-0.1, -0.05) is 30.3 Å². The highest BCUT2D eigenvalue weighted by Crippen LogP contribution is 2.28. The molecule has 0 radical (unpaired) electrons. The third-order valence-corrected chi connectivity index (χ3v) is 7.16. The number of benzene rings is 2. The fourth-order valence-electron chi connectivity index (χ4n) is 3.91. The molecule has 10 heteroatoms. The van der Waals surface area contributed by atoms with E-state index < -0.39 is 20.7 Å². The zero-order valence-corrected chi connectivity index (χ0v) is 16.3. The molecule has 1 N–H and O–H groups in total. The molecular formula is C19H20N4O5S. The largest absolute Gasteiger partial charge is 0.326 e. The van der Waals surface area contributed by atoms with Gasteiger partial charge in [-0.3, -0.25) is 14.7 Å². The maximum absolute atomic E-state index is 12.8. The molecule has 1 aliphatic rings. The summed E-state index contributed by atoms with van der Waals surface area (Å²) in [7, 11) is -3.70. The van der Waals surface area contributed by atoms with Gasteiger partial charge in [-0.25, -0.2) is 17.5 Å². The molecular weight excluding hydrogens is 396 g/mol. The van der Waals surface area contributed by atoms with E-state index in [1.165, 1.54) is 22.5 Å². The van der Waals surface area contributed by atoms with Crippen molar-refractivity contribution in [2.45, 2.75) is 24.6 Å². The molecule has 2 aromatic carbocycles. The number of nitro benzene ring substituents is 1. The number of rotatable bonds is 5. The van der Waals surface area contributed by atoms with Gasteiger partial charge >= 0.3 is 5.69 Å². The van der Waals surface area contributed by atoms with Crippen molar-refractivity contribution in [3.8, 4) is 0 Å². The molecule has 0 amide bonds. The number of imidazole rings is 1. The van der Waals surface area contributed by atoms with E-state index in [1.807, 2.05) is 24.3 Å². The molecule has 0 bridgehead atoms. The van der Waals surface area contributed by atoms with E-state index in [1.54, 1.807) is 10.6 Å². The number of piperidine rings is 1. The summed E-state index contributed by atoms with van der Waals surface area (Å²) in [5.74, 6) is -0.415. The molecule has 0 unspecified atom stereocenters. The zero-order chi connectivity index (χ0) is 20.6. The van der Waals surface area contributed by atoms with Gasteiger partial charge in [0.2, 0.25) is 10.0 Å². The number of hydrogen-bond donors (Lipinski definition) is 1. The Labute approximate surface area is 166 Å². The van der Waals surface area contributed by atoms with Crippen LogP contribution in [0.15, 0.2) is 53.3 Å². The summed E-state index contributed by atoms with van der Waals surface area (Å²) in [5, 5.41) is 11.2. The summed E-state index contributed by atoms with van der Waals surface area (Å²) in [6.07, 6.45) is 0.996. The molecule has 29 heavy (non-hydrogen) atoms. The van der Waals surface area contributed by atoms with Gasteiger partial charge in [0.25, 0.3) is 5.69 Å². The number of nitro groups is 1. The van der Waals surface area contributed by atoms with E-state index in [0.29, 0.717) is 12.8 Å². The number of hydrogen-bond acceptors (Lipinski definition) is 5. The summed E-state index contributed by atoms with van der Waals surface area (Å²) in [6, 6.07) is 13.2. The van der Waals surface area contributed by atoms with Crippen LogP contribution in [0, 0.1) is 10.1 Å². The van der Waals surface area contributed by atoms with Gasteiger partial charge in [0, 0.05) is 30.8 Å². The number of sulfonamides is 1. The van der Waals surface area contributed by atoms with E-state index in [9.17, 15) is 23.3 Å². The third kappa shape index (κ3) is 3.68. The Balaban J connectivity index is 1.51. The van der Waals surface area contributed by atoms with Gasteiger partial charge in [-0.2, -0.15) is 0 Å². The van der Waals surface area contributed by atoms with Crippen LogP contribution in [0.4, 0.5) is 5.69 Å². The predicted octanol–water partition coefficient (Wildman–Crippen LogP) is 2.40. The van der Waals surface area contributed by atoms with Gasteiger partial charge < -0.3 is 4.98 Å². The molecule has 4 rings (SSSR count). The second kappa shape index (κ2) is 7.45. The average Bonchev–Trinajstić information content (AvgIpc) is 3.03. The van der Waals surface area contributed by atoms with E-state index in [2.05, 4.69) is 4.98 Å². The fourth-order valence-corrected chi connectivity index (χ4v) is 5.50. The Bertz CT molecular complexity index is 1220. The van der Waals surface area contributed by atoms with Crippen molar-refractivity contribution in [2.75, 3.05) is 13.1 Å². The van der Waals surface area contributed by atoms with Gasteiger partial charge in [0.15, 0.2) is 0 Å². The van der Waals surface area contributed by atoms with Gasteiger partial charge in [0.05, 0.1) is 21.7 Å². The van der Waals surface area contributed by atoms with Crippen molar-refractivity contribution >= 4 is 26.7 Å². The smallest absolute Gasteiger partial charge is 0.306 e. The Hall–Kier alpha value is -2.98. The summed E-state index contributed by atoms with van der Waals surface area (Å²) >= 11 is 0. The summed E-state index contributed by atoms with van der Waals surface area (Å²) in [5.41, 5.74) is 1.33. The van der Waals surface area contributed by atoms with Crippen molar-refractivity contribution < 1.29 is 13.3 Å². The SMILES string of the molecule is O=c1[nH]c2ccccc2n1C1CCN(S(=O)(=O)Cc2ccccc2[N+](=O)[O-])CC1.